The Bertz CT molecular complexity index is 70.1. The molecule has 0 radical (unpaired) electrons. The summed E-state index contributed by atoms with van der Waals surface area (Å²) in [6.07, 6.45) is 0.949. The lowest BCUT2D eigenvalue weighted by Gasteiger charge is -2.31. The van der Waals surface area contributed by atoms with Crippen LogP contribution in [0.4, 0.5) is 0 Å². The van der Waals surface area contributed by atoms with Gasteiger partial charge in [0.1, 0.15) is 6.23 Å². The van der Waals surface area contributed by atoms with Crippen LogP contribution >= 0.6 is 0 Å². The molecular formula is C5H11NO2. The fourth-order valence-corrected chi connectivity index (χ4v) is 0.662. The molecule has 1 aliphatic heterocycles. The molecule has 1 unspecified atom stereocenters. The van der Waals surface area contributed by atoms with Gasteiger partial charge >= 0.3 is 0 Å². The molecule has 1 rings (SSSR count). The topological polar surface area (TPSA) is 32.7 Å². The lowest BCUT2D eigenvalue weighted by molar-refractivity contribution is -0.260. The first-order chi connectivity index (χ1) is 3.84. The summed E-state index contributed by atoms with van der Waals surface area (Å²) in [5.74, 6) is 0. The summed E-state index contributed by atoms with van der Waals surface area (Å²) in [6.45, 7) is 3.33. The van der Waals surface area contributed by atoms with Gasteiger partial charge in [-0.15, -0.1) is 0 Å². The quantitative estimate of drug-likeness (QED) is 0.533. The van der Waals surface area contributed by atoms with Gasteiger partial charge in [0.05, 0.1) is 6.61 Å². The Morgan fingerprint density at radius 3 is 2.62 bits per heavy atom. The van der Waals surface area contributed by atoms with Crippen molar-refractivity contribution in [3.05, 3.63) is 0 Å². The van der Waals surface area contributed by atoms with E-state index in [2.05, 4.69) is 0 Å². The Morgan fingerprint density at radius 2 is 2.50 bits per heavy atom. The number of rotatable bonds is 2. The molecule has 0 aliphatic carbocycles. The van der Waals surface area contributed by atoms with Gasteiger partial charge in [-0.25, -0.2) is 0 Å². The first-order valence-corrected chi connectivity index (χ1v) is 2.91. The minimum atomic E-state index is -0.0139. The second-order valence-electron chi connectivity index (χ2n) is 1.87. The maximum Gasteiger partial charge on any atom is 0.135 e. The average Bonchev–Trinajstić information content (AvgIpc) is 1.62. The van der Waals surface area contributed by atoms with E-state index in [1.54, 1.807) is 0 Å². The van der Waals surface area contributed by atoms with Gasteiger partial charge < -0.3 is 9.94 Å². The van der Waals surface area contributed by atoms with E-state index in [-0.39, 0.29) is 6.23 Å². The number of hydroxylamine groups is 2. The van der Waals surface area contributed by atoms with Crippen LogP contribution in [0.3, 0.4) is 0 Å². The molecule has 3 heteroatoms. The van der Waals surface area contributed by atoms with Gasteiger partial charge in [-0.2, -0.15) is 5.06 Å². The molecule has 1 heterocycles. The second kappa shape index (κ2) is 2.44. The summed E-state index contributed by atoms with van der Waals surface area (Å²) >= 11 is 0. The summed E-state index contributed by atoms with van der Waals surface area (Å²) in [4.78, 5) is 0. The highest BCUT2D eigenvalue weighted by Gasteiger charge is 2.22. The summed E-state index contributed by atoms with van der Waals surface area (Å²) in [5.41, 5.74) is 0. The number of hydrogen-bond acceptors (Lipinski definition) is 3. The molecule has 0 aromatic carbocycles. The smallest absolute Gasteiger partial charge is 0.135 e. The van der Waals surface area contributed by atoms with Crippen molar-refractivity contribution >= 4 is 0 Å². The Morgan fingerprint density at radius 1 is 1.88 bits per heavy atom. The van der Waals surface area contributed by atoms with Crippen LogP contribution in [0.2, 0.25) is 0 Å². The van der Waals surface area contributed by atoms with Gasteiger partial charge in [0, 0.05) is 13.0 Å². The molecule has 1 fully saturated rings. The van der Waals surface area contributed by atoms with Gasteiger partial charge in [0.15, 0.2) is 0 Å². The highest BCUT2D eigenvalue weighted by Crippen LogP contribution is 2.12. The highest BCUT2D eigenvalue weighted by atomic mass is 16.6. The fourth-order valence-electron chi connectivity index (χ4n) is 0.662. The Labute approximate surface area is 48.8 Å². The van der Waals surface area contributed by atoms with Crippen LogP contribution in [-0.2, 0) is 4.74 Å². The predicted molar refractivity (Wildman–Crippen MR) is 28.5 cm³/mol. The van der Waals surface area contributed by atoms with Crippen LogP contribution in [0.15, 0.2) is 0 Å². The molecule has 0 aromatic rings. The SMILES string of the molecule is CCN(O)C1CCO1. The van der Waals surface area contributed by atoms with Crippen molar-refractivity contribution in [3.8, 4) is 0 Å². The number of nitrogens with zero attached hydrogens (tertiary/aromatic N) is 1. The number of hydrogen-bond donors (Lipinski definition) is 1. The van der Waals surface area contributed by atoms with E-state index >= 15 is 0 Å². The summed E-state index contributed by atoms with van der Waals surface area (Å²) in [6, 6.07) is 0. The third-order valence-electron chi connectivity index (χ3n) is 1.33. The van der Waals surface area contributed by atoms with Gasteiger partial charge in [-0.1, -0.05) is 0 Å². The summed E-state index contributed by atoms with van der Waals surface area (Å²) in [5, 5.41) is 10.1. The van der Waals surface area contributed by atoms with Gasteiger partial charge in [0.25, 0.3) is 0 Å². The van der Waals surface area contributed by atoms with Crippen molar-refractivity contribution in [1.29, 1.82) is 0 Å². The number of ether oxygens (including phenoxy) is 1. The maximum absolute atomic E-state index is 8.89. The molecule has 3 nitrogen and oxygen atoms in total. The molecule has 1 aliphatic rings. The van der Waals surface area contributed by atoms with Gasteiger partial charge in [-0.05, 0) is 6.92 Å². The lowest BCUT2D eigenvalue weighted by Crippen LogP contribution is -2.42. The first-order valence-electron chi connectivity index (χ1n) is 2.91. The fraction of sp³-hybridized carbons (Fsp3) is 1.00. The van der Waals surface area contributed by atoms with E-state index in [4.69, 9.17) is 9.94 Å². The molecule has 1 atom stereocenters. The molecule has 8 heavy (non-hydrogen) atoms. The van der Waals surface area contributed by atoms with Crippen LogP contribution in [0.1, 0.15) is 13.3 Å². The van der Waals surface area contributed by atoms with Crippen molar-refractivity contribution in [2.75, 3.05) is 13.2 Å². The standard InChI is InChI=1S/C5H11NO2/c1-2-6(7)5-3-4-8-5/h5,7H,2-4H2,1H3. The van der Waals surface area contributed by atoms with Crippen molar-refractivity contribution in [1.82, 2.24) is 5.06 Å². The molecule has 0 aromatic heterocycles. The minimum Gasteiger partial charge on any atom is -0.361 e. The first kappa shape index (κ1) is 6.01. The molecule has 0 amide bonds. The van der Waals surface area contributed by atoms with E-state index < -0.39 is 0 Å². The van der Waals surface area contributed by atoms with E-state index in [1.807, 2.05) is 6.92 Å². The summed E-state index contributed by atoms with van der Waals surface area (Å²) < 4.78 is 4.96. The summed E-state index contributed by atoms with van der Waals surface area (Å²) in [7, 11) is 0. The highest BCUT2D eigenvalue weighted by molar-refractivity contribution is 4.60. The van der Waals surface area contributed by atoms with Crippen molar-refractivity contribution in [2.24, 2.45) is 0 Å². The predicted octanol–water partition coefficient (Wildman–Crippen LogP) is 0.444. The molecule has 1 N–H and O–H groups in total. The molecule has 48 valence electrons. The largest absolute Gasteiger partial charge is 0.361 e. The Balaban J connectivity index is 2.13. The van der Waals surface area contributed by atoms with E-state index in [9.17, 15) is 0 Å². The molecule has 0 spiro atoms. The van der Waals surface area contributed by atoms with Crippen molar-refractivity contribution in [3.63, 3.8) is 0 Å². The Kier molecular flexibility index (Phi) is 1.83. The van der Waals surface area contributed by atoms with Gasteiger partial charge in [-0.3, -0.25) is 0 Å². The third kappa shape index (κ3) is 0.992. The maximum atomic E-state index is 8.89. The Hall–Kier alpha value is -0.120. The van der Waals surface area contributed by atoms with Crippen LogP contribution in [0.25, 0.3) is 0 Å². The van der Waals surface area contributed by atoms with Crippen LogP contribution in [0.5, 0.6) is 0 Å². The normalized spacial score (nSPS) is 28.1. The third-order valence-corrected chi connectivity index (χ3v) is 1.33. The molecule has 0 bridgehead atoms. The lowest BCUT2D eigenvalue weighted by atomic mass is 10.3. The minimum absolute atomic E-state index is 0.0139. The van der Waals surface area contributed by atoms with E-state index in [0.29, 0.717) is 6.54 Å². The monoisotopic (exact) mass is 117 g/mol. The zero-order chi connectivity index (χ0) is 5.98. The van der Waals surface area contributed by atoms with E-state index in [1.165, 1.54) is 5.06 Å². The van der Waals surface area contributed by atoms with Crippen molar-refractivity contribution in [2.45, 2.75) is 19.6 Å². The zero-order valence-electron chi connectivity index (χ0n) is 5.00. The molecule has 1 saturated heterocycles. The molecular weight excluding hydrogens is 106 g/mol. The van der Waals surface area contributed by atoms with Gasteiger partial charge in [0.2, 0.25) is 0 Å². The van der Waals surface area contributed by atoms with Crippen LogP contribution in [0, 0.1) is 0 Å². The van der Waals surface area contributed by atoms with E-state index in [0.717, 1.165) is 13.0 Å². The van der Waals surface area contributed by atoms with Crippen LogP contribution < -0.4 is 0 Å². The molecule has 0 saturated carbocycles. The average molecular weight is 117 g/mol. The van der Waals surface area contributed by atoms with Crippen molar-refractivity contribution < 1.29 is 9.94 Å². The second-order valence-corrected chi connectivity index (χ2v) is 1.87. The van der Waals surface area contributed by atoms with Crippen LogP contribution in [-0.4, -0.2) is 29.7 Å². The zero-order valence-corrected chi connectivity index (χ0v) is 5.00.